The van der Waals surface area contributed by atoms with E-state index in [2.05, 4.69) is 21.0 Å². The van der Waals surface area contributed by atoms with Gasteiger partial charge in [0.25, 0.3) is 0 Å². The molecule has 1 aliphatic heterocycles. The smallest absolute Gasteiger partial charge is 0.107 e. The molecule has 1 aromatic heterocycles. The molecule has 0 amide bonds. The maximum atomic E-state index is 5.70. The van der Waals surface area contributed by atoms with Crippen LogP contribution in [0.3, 0.4) is 0 Å². The van der Waals surface area contributed by atoms with Gasteiger partial charge in [0.15, 0.2) is 0 Å². The molecule has 0 aromatic carbocycles. The van der Waals surface area contributed by atoms with E-state index < -0.39 is 0 Å². The van der Waals surface area contributed by atoms with Gasteiger partial charge >= 0.3 is 0 Å². The number of hydrogen-bond donors (Lipinski definition) is 2. The summed E-state index contributed by atoms with van der Waals surface area (Å²) in [5.41, 5.74) is 1.12. The van der Waals surface area contributed by atoms with Crippen LogP contribution >= 0.6 is 11.3 Å². The number of aromatic nitrogens is 1. The van der Waals surface area contributed by atoms with Gasteiger partial charge in [0.1, 0.15) is 5.01 Å². The van der Waals surface area contributed by atoms with Crippen LogP contribution in [0.15, 0.2) is 5.38 Å². The first kappa shape index (κ1) is 13.0. The van der Waals surface area contributed by atoms with Crippen molar-refractivity contribution in [1.82, 2.24) is 15.6 Å². The average Bonchev–Trinajstić information content (AvgIpc) is 2.76. The normalized spacial score (nSPS) is 19.4. The molecule has 4 nitrogen and oxygen atoms in total. The highest BCUT2D eigenvalue weighted by molar-refractivity contribution is 7.09. The minimum Gasteiger partial charge on any atom is -0.377 e. The third-order valence-electron chi connectivity index (χ3n) is 3.34. The van der Waals surface area contributed by atoms with Crippen LogP contribution < -0.4 is 10.6 Å². The lowest BCUT2D eigenvalue weighted by molar-refractivity contribution is -0.0326. The molecule has 0 spiro atoms. The van der Waals surface area contributed by atoms with Gasteiger partial charge in [-0.15, -0.1) is 11.3 Å². The molecule has 0 radical (unpaired) electrons. The van der Waals surface area contributed by atoms with Crippen molar-refractivity contribution in [3.05, 3.63) is 16.1 Å². The van der Waals surface area contributed by atoms with Crippen LogP contribution in [0.4, 0.5) is 0 Å². The maximum absolute atomic E-state index is 5.70. The second-order valence-electron chi connectivity index (χ2n) is 4.62. The van der Waals surface area contributed by atoms with E-state index in [1.807, 2.05) is 14.0 Å². The van der Waals surface area contributed by atoms with Crippen LogP contribution in [-0.4, -0.2) is 37.3 Å². The predicted molar refractivity (Wildman–Crippen MR) is 70.4 cm³/mol. The molecule has 2 heterocycles. The highest BCUT2D eigenvalue weighted by Crippen LogP contribution is 2.21. The molecule has 0 aliphatic carbocycles. The third-order valence-corrected chi connectivity index (χ3v) is 4.30. The monoisotopic (exact) mass is 255 g/mol. The second-order valence-corrected chi connectivity index (χ2v) is 5.57. The number of methoxy groups -OCH3 is 1. The van der Waals surface area contributed by atoms with Gasteiger partial charge in [-0.05, 0) is 32.9 Å². The molecule has 1 aliphatic rings. The largest absolute Gasteiger partial charge is 0.377 e. The minimum atomic E-state index is 0.0115. The molecular formula is C12H21N3OS. The summed E-state index contributed by atoms with van der Waals surface area (Å²) < 4.78 is 5.70. The van der Waals surface area contributed by atoms with Crippen LogP contribution in [0.2, 0.25) is 0 Å². The number of piperidine rings is 1. The zero-order chi connectivity index (χ0) is 12.1. The summed E-state index contributed by atoms with van der Waals surface area (Å²) in [4.78, 5) is 4.44. The molecule has 2 rings (SSSR count). The van der Waals surface area contributed by atoms with Crippen molar-refractivity contribution in [1.29, 1.82) is 0 Å². The molecule has 1 aromatic rings. The van der Waals surface area contributed by atoms with Crippen molar-refractivity contribution < 1.29 is 4.74 Å². The number of rotatable bonds is 5. The Bertz CT molecular complexity index is 347. The van der Waals surface area contributed by atoms with Crippen LogP contribution in [-0.2, 0) is 11.3 Å². The van der Waals surface area contributed by atoms with Crippen molar-refractivity contribution in [2.45, 2.75) is 31.9 Å². The fourth-order valence-electron chi connectivity index (χ4n) is 2.22. The van der Waals surface area contributed by atoms with Crippen molar-refractivity contribution in [2.75, 3.05) is 26.7 Å². The SMILES string of the molecule is COC1(CNCc2nc(C)cs2)CCNCC1. The van der Waals surface area contributed by atoms with Gasteiger partial charge < -0.3 is 15.4 Å². The van der Waals surface area contributed by atoms with E-state index in [4.69, 9.17) is 4.74 Å². The van der Waals surface area contributed by atoms with Gasteiger partial charge in [-0.1, -0.05) is 0 Å². The predicted octanol–water partition coefficient (Wildman–Crippen LogP) is 1.31. The number of nitrogens with zero attached hydrogens (tertiary/aromatic N) is 1. The van der Waals surface area contributed by atoms with E-state index in [9.17, 15) is 0 Å². The summed E-state index contributed by atoms with van der Waals surface area (Å²) in [6, 6.07) is 0. The number of thiazole rings is 1. The molecule has 0 bridgehead atoms. The third kappa shape index (κ3) is 3.48. The number of ether oxygens (including phenoxy) is 1. The molecule has 1 saturated heterocycles. The van der Waals surface area contributed by atoms with Crippen molar-refractivity contribution in [2.24, 2.45) is 0 Å². The first-order chi connectivity index (χ1) is 8.24. The molecule has 2 N–H and O–H groups in total. The summed E-state index contributed by atoms with van der Waals surface area (Å²) in [6.45, 7) is 5.88. The van der Waals surface area contributed by atoms with Gasteiger partial charge in [-0.2, -0.15) is 0 Å². The Kier molecular flexibility index (Phi) is 4.50. The molecule has 0 atom stereocenters. The highest BCUT2D eigenvalue weighted by Gasteiger charge is 2.31. The fourth-order valence-corrected chi connectivity index (χ4v) is 2.96. The van der Waals surface area contributed by atoms with E-state index in [0.717, 1.165) is 49.7 Å². The Morgan fingerprint density at radius 1 is 1.53 bits per heavy atom. The topological polar surface area (TPSA) is 46.2 Å². The summed E-state index contributed by atoms with van der Waals surface area (Å²) in [5.74, 6) is 0. The molecule has 0 saturated carbocycles. The van der Waals surface area contributed by atoms with Crippen LogP contribution in [0.5, 0.6) is 0 Å². The lowest BCUT2D eigenvalue weighted by atomic mass is 9.92. The van der Waals surface area contributed by atoms with Crippen molar-refractivity contribution >= 4 is 11.3 Å². The summed E-state index contributed by atoms with van der Waals surface area (Å²) >= 11 is 1.72. The Hall–Kier alpha value is -0.490. The Balaban J connectivity index is 1.79. The molecule has 0 unspecified atom stereocenters. The minimum absolute atomic E-state index is 0.0115. The summed E-state index contributed by atoms with van der Waals surface area (Å²) in [5, 5.41) is 10.1. The molecular weight excluding hydrogens is 234 g/mol. The van der Waals surface area contributed by atoms with Gasteiger partial charge in [-0.3, -0.25) is 0 Å². The standard InChI is InChI=1S/C12H21N3OS/c1-10-8-17-11(15-10)7-14-9-12(16-2)3-5-13-6-4-12/h8,13-14H,3-7,9H2,1-2H3. The van der Waals surface area contributed by atoms with Gasteiger partial charge in [0.2, 0.25) is 0 Å². The van der Waals surface area contributed by atoms with E-state index in [-0.39, 0.29) is 5.60 Å². The van der Waals surface area contributed by atoms with Crippen molar-refractivity contribution in [3.8, 4) is 0 Å². The zero-order valence-corrected chi connectivity index (χ0v) is 11.4. The Morgan fingerprint density at radius 2 is 2.29 bits per heavy atom. The van der Waals surface area contributed by atoms with Gasteiger partial charge in [-0.25, -0.2) is 4.98 Å². The molecule has 5 heteroatoms. The lowest BCUT2D eigenvalue weighted by Crippen LogP contribution is -2.49. The second kappa shape index (κ2) is 5.91. The Morgan fingerprint density at radius 3 is 2.88 bits per heavy atom. The maximum Gasteiger partial charge on any atom is 0.107 e. The number of hydrogen-bond acceptors (Lipinski definition) is 5. The van der Waals surface area contributed by atoms with E-state index in [1.54, 1.807) is 11.3 Å². The van der Waals surface area contributed by atoms with Gasteiger partial charge in [0, 0.05) is 31.3 Å². The Labute approximate surface area is 107 Å². The highest BCUT2D eigenvalue weighted by atomic mass is 32.1. The summed E-state index contributed by atoms with van der Waals surface area (Å²) in [6.07, 6.45) is 2.15. The first-order valence-electron chi connectivity index (χ1n) is 6.12. The van der Waals surface area contributed by atoms with Gasteiger partial charge in [0.05, 0.1) is 5.60 Å². The molecule has 96 valence electrons. The van der Waals surface area contributed by atoms with E-state index in [0.29, 0.717) is 0 Å². The quantitative estimate of drug-likeness (QED) is 0.833. The van der Waals surface area contributed by atoms with Crippen LogP contribution in [0, 0.1) is 6.92 Å². The van der Waals surface area contributed by atoms with E-state index in [1.165, 1.54) is 0 Å². The summed E-state index contributed by atoms with van der Waals surface area (Å²) in [7, 11) is 1.82. The number of aryl methyl sites for hydroxylation is 1. The van der Waals surface area contributed by atoms with E-state index >= 15 is 0 Å². The van der Waals surface area contributed by atoms with Crippen molar-refractivity contribution in [3.63, 3.8) is 0 Å². The number of nitrogens with one attached hydrogen (secondary N) is 2. The molecule has 1 fully saturated rings. The molecule has 17 heavy (non-hydrogen) atoms. The lowest BCUT2D eigenvalue weighted by Gasteiger charge is -2.36. The van der Waals surface area contributed by atoms with Crippen LogP contribution in [0.1, 0.15) is 23.5 Å². The van der Waals surface area contributed by atoms with Crippen LogP contribution in [0.25, 0.3) is 0 Å². The average molecular weight is 255 g/mol. The first-order valence-corrected chi connectivity index (χ1v) is 7.00. The fraction of sp³-hybridized carbons (Fsp3) is 0.750. The zero-order valence-electron chi connectivity index (χ0n) is 10.6.